The molecule has 1 atom stereocenters. The summed E-state index contributed by atoms with van der Waals surface area (Å²) in [5, 5.41) is 3.87. The van der Waals surface area contributed by atoms with Gasteiger partial charge < -0.3 is 14.8 Å². The SMILES string of the molecule is Cc1nc(NC(C)c2cccc(C(F)F)c2F)c2cc3c(cc2n1)OCC1(CCC1)CO3. The highest BCUT2D eigenvalue weighted by Crippen LogP contribution is 2.46. The van der Waals surface area contributed by atoms with Gasteiger partial charge in [-0.05, 0) is 32.8 Å². The van der Waals surface area contributed by atoms with Crippen LogP contribution in [-0.2, 0) is 0 Å². The van der Waals surface area contributed by atoms with Crippen molar-refractivity contribution in [2.75, 3.05) is 18.5 Å². The molecule has 0 saturated heterocycles. The smallest absolute Gasteiger partial charge is 0.266 e. The second-order valence-corrected chi connectivity index (χ2v) is 8.78. The summed E-state index contributed by atoms with van der Waals surface area (Å²) in [7, 11) is 0. The van der Waals surface area contributed by atoms with E-state index in [4.69, 9.17) is 9.47 Å². The van der Waals surface area contributed by atoms with E-state index in [9.17, 15) is 13.2 Å². The van der Waals surface area contributed by atoms with Gasteiger partial charge in [0.25, 0.3) is 6.43 Å². The Morgan fingerprint density at radius 2 is 1.72 bits per heavy atom. The van der Waals surface area contributed by atoms with Gasteiger partial charge in [0.05, 0.1) is 30.3 Å². The summed E-state index contributed by atoms with van der Waals surface area (Å²) in [5.41, 5.74) is 0.283. The van der Waals surface area contributed by atoms with Crippen LogP contribution in [0.2, 0.25) is 0 Å². The van der Waals surface area contributed by atoms with Crippen LogP contribution < -0.4 is 14.8 Å². The summed E-state index contributed by atoms with van der Waals surface area (Å²) in [6.45, 7) is 4.69. The molecule has 0 radical (unpaired) electrons. The second-order valence-electron chi connectivity index (χ2n) is 8.78. The van der Waals surface area contributed by atoms with Crippen molar-refractivity contribution in [1.82, 2.24) is 9.97 Å². The van der Waals surface area contributed by atoms with Crippen LogP contribution in [-0.4, -0.2) is 23.2 Å². The number of aromatic nitrogens is 2. The van der Waals surface area contributed by atoms with Crippen molar-refractivity contribution in [2.24, 2.45) is 5.41 Å². The zero-order valence-corrected chi connectivity index (χ0v) is 17.9. The minimum atomic E-state index is -2.88. The lowest BCUT2D eigenvalue weighted by atomic mass is 9.70. The van der Waals surface area contributed by atoms with Gasteiger partial charge in [0.2, 0.25) is 0 Å². The third-order valence-corrected chi connectivity index (χ3v) is 6.47. The monoisotopic (exact) mass is 443 g/mol. The van der Waals surface area contributed by atoms with Crippen LogP contribution >= 0.6 is 0 Å². The highest BCUT2D eigenvalue weighted by Gasteiger charge is 2.40. The van der Waals surface area contributed by atoms with E-state index >= 15 is 0 Å². The number of nitrogens with one attached hydrogen (secondary N) is 1. The lowest BCUT2D eigenvalue weighted by Gasteiger charge is -2.39. The Labute approximate surface area is 184 Å². The molecule has 1 fully saturated rings. The molecule has 0 amide bonds. The molecular weight excluding hydrogens is 419 g/mol. The molecule has 32 heavy (non-hydrogen) atoms. The first-order valence-corrected chi connectivity index (χ1v) is 10.8. The fourth-order valence-electron chi connectivity index (χ4n) is 4.41. The molecule has 1 unspecified atom stereocenters. The van der Waals surface area contributed by atoms with E-state index in [2.05, 4.69) is 15.3 Å². The first-order chi connectivity index (χ1) is 15.3. The molecule has 1 saturated carbocycles. The van der Waals surface area contributed by atoms with Crippen LogP contribution in [0.25, 0.3) is 10.9 Å². The number of fused-ring (bicyclic) bond motifs is 2. The molecule has 3 aromatic rings. The molecule has 8 heteroatoms. The van der Waals surface area contributed by atoms with Crippen LogP contribution in [0.3, 0.4) is 0 Å². The third kappa shape index (κ3) is 3.61. The molecule has 2 aliphatic rings. The fraction of sp³-hybridized carbons (Fsp3) is 0.417. The average molecular weight is 443 g/mol. The Morgan fingerprint density at radius 1 is 1.03 bits per heavy atom. The van der Waals surface area contributed by atoms with Gasteiger partial charge in [-0.25, -0.2) is 23.1 Å². The molecule has 1 aromatic heterocycles. The van der Waals surface area contributed by atoms with Gasteiger partial charge in [0, 0.05) is 22.4 Å². The number of anilines is 1. The average Bonchev–Trinajstić information content (AvgIpc) is 2.92. The van der Waals surface area contributed by atoms with Crippen molar-refractivity contribution < 1.29 is 22.6 Å². The van der Waals surface area contributed by atoms with Crippen LogP contribution in [0.4, 0.5) is 19.0 Å². The van der Waals surface area contributed by atoms with Gasteiger partial charge in [-0.1, -0.05) is 24.6 Å². The standard InChI is InChI=1S/C24H24F3N3O2/c1-13(15-5-3-6-16(21(15)25)22(26)27)28-23-17-9-19-20(10-18(17)29-14(2)30-23)32-12-24(11-31-19)7-4-8-24/h3,5-6,9-10,13,22H,4,7-8,11-12H2,1-2H3,(H,28,29,30). The first-order valence-electron chi connectivity index (χ1n) is 10.8. The van der Waals surface area contributed by atoms with Crippen LogP contribution in [0.15, 0.2) is 30.3 Å². The molecule has 1 spiro atoms. The second kappa shape index (κ2) is 7.83. The quantitative estimate of drug-likeness (QED) is 0.526. The van der Waals surface area contributed by atoms with Crippen LogP contribution in [0, 0.1) is 18.2 Å². The van der Waals surface area contributed by atoms with Crippen molar-refractivity contribution in [1.29, 1.82) is 0 Å². The molecule has 2 heterocycles. The summed E-state index contributed by atoms with van der Waals surface area (Å²) in [6, 6.07) is 7.11. The Morgan fingerprint density at radius 3 is 2.38 bits per heavy atom. The van der Waals surface area contributed by atoms with Crippen molar-refractivity contribution in [3.8, 4) is 11.5 Å². The van der Waals surface area contributed by atoms with Crippen LogP contribution in [0.5, 0.6) is 11.5 Å². The molecule has 1 aliphatic carbocycles. The zero-order valence-electron chi connectivity index (χ0n) is 17.9. The minimum absolute atomic E-state index is 0.0790. The lowest BCUT2D eigenvalue weighted by molar-refractivity contribution is 0.0268. The number of aryl methyl sites for hydroxylation is 1. The van der Waals surface area contributed by atoms with E-state index in [1.807, 2.05) is 12.1 Å². The molecule has 5 nitrogen and oxygen atoms in total. The predicted molar refractivity (Wildman–Crippen MR) is 115 cm³/mol. The molecule has 1 N–H and O–H groups in total. The molecule has 168 valence electrons. The molecular formula is C24H24F3N3O2. The normalized spacial score (nSPS) is 17.8. The number of rotatable bonds is 4. The Hall–Kier alpha value is -3.03. The van der Waals surface area contributed by atoms with E-state index in [-0.39, 0.29) is 11.0 Å². The third-order valence-electron chi connectivity index (χ3n) is 6.47. The van der Waals surface area contributed by atoms with Crippen molar-refractivity contribution in [3.05, 3.63) is 53.1 Å². The van der Waals surface area contributed by atoms with Crippen molar-refractivity contribution in [3.63, 3.8) is 0 Å². The maximum atomic E-state index is 14.7. The van der Waals surface area contributed by atoms with E-state index in [1.54, 1.807) is 13.8 Å². The molecule has 5 rings (SSSR count). The van der Waals surface area contributed by atoms with Gasteiger partial charge in [-0.2, -0.15) is 0 Å². The Bertz CT molecular complexity index is 1180. The number of hydrogen-bond acceptors (Lipinski definition) is 5. The van der Waals surface area contributed by atoms with Gasteiger partial charge in [-0.15, -0.1) is 0 Å². The Balaban J connectivity index is 1.50. The molecule has 0 bridgehead atoms. The highest BCUT2D eigenvalue weighted by molar-refractivity contribution is 5.92. The first kappa shape index (κ1) is 20.8. The number of halogens is 3. The van der Waals surface area contributed by atoms with Gasteiger partial charge in [-0.3, -0.25) is 0 Å². The van der Waals surface area contributed by atoms with Gasteiger partial charge in [0.1, 0.15) is 17.5 Å². The van der Waals surface area contributed by atoms with E-state index in [0.29, 0.717) is 47.3 Å². The molecule has 1 aliphatic heterocycles. The topological polar surface area (TPSA) is 56.3 Å². The van der Waals surface area contributed by atoms with Gasteiger partial charge in [0.15, 0.2) is 11.5 Å². The maximum absolute atomic E-state index is 14.7. The van der Waals surface area contributed by atoms with E-state index in [1.165, 1.54) is 18.6 Å². The Kier molecular flexibility index (Phi) is 5.10. The lowest BCUT2D eigenvalue weighted by Crippen LogP contribution is -2.39. The number of hydrogen-bond donors (Lipinski definition) is 1. The number of benzene rings is 2. The summed E-state index contributed by atoms with van der Waals surface area (Å²) in [5.74, 6) is 1.37. The van der Waals surface area contributed by atoms with Crippen molar-refractivity contribution >= 4 is 16.7 Å². The van der Waals surface area contributed by atoms with Crippen LogP contribution in [0.1, 0.15) is 55.6 Å². The number of alkyl halides is 2. The highest BCUT2D eigenvalue weighted by atomic mass is 19.3. The fourth-order valence-corrected chi connectivity index (χ4v) is 4.41. The maximum Gasteiger partial charge on any atom is 0.266 e. The van der Waals surface area contributed by atoms with Gasteiger partial charge >= 0.3 is 0 Å². The van der Waals surface area contributed by atoms with Crippen molar-refractivity contribution in [2.45, 2.75) is 45.6 Å². The largest absolute Gasteiger partial charge is 0.489 e. The summed E-state index contributed by atoms with van der Waals surface area (Å²) in [6.07, 6.45) is 0.487. The van der Waals surface area contributed by atoms with E-state index in [0.717, 1.165) is 18.9 Å². The summed E-state index contributed by atoms with van der Waals surface area (Å²) < 4.78 is 53.1. The minimum Gasteiger partial charge on any atom is -0.489 e. The predicted octanol–water partition coefficient (Wildman–Crippen LogP) is 6.13. The summed E-state index contributed by atoms with van der Waals surface area (Å²) in [4.78, 5) is 9.01. The number of nitrogens with zero attached hydrogens (tertiary/aromatic N) is 2. The van der Waals surface area contributed by atoms with E-state index < -0.39 is 23.8 Å². The molecule has 2 aromatic carbocycles. The summed E-state index contributed by atoms with van der Waals surface area (Å²) >= 11 is 0. The zero-order chi connectivity index (χ0) is 22.5. The number of ether oxygens (including phenoxy) is 2.